The van der Waals surface area contributed by atoms with Gasteiger partial charge in [0.05, 0.1) is 23.8 Å². The van der Waals surface area contributed by atoms with Gasteiger partial charge in [0, 0.05) is 31.3 Å². The Morgan fingerprint density at radius 3 is 2.52 bits per heavy atom. The van der Waals surface area contributed by atoms with Crippen LogP contribution in [-0.2, 0) is 22.6 Å². The van der Waals surface area contributed by atoms with Gasteiger partial charge in [-0.2, -0.15) is 0 Å². The van der Waals surface area contributed by atoms with E-state index in [1.165, 1.54) is 19.3 Å². The van der Waals surface area contributed by atoms with Gasteiger partial charge in [-0.15, -0.1) is 0 Å². The van der Waals surface area contributed by atoms with E-state index in [0.29, 0.717) is 49.8 Å². The number of amides is 2. The predicted molar refractivity (Wildman–Crippen MR) is 118 cm³/mol. The standard InChI is InChI=1S/C24H36N4O3/c1-24(2,3)23(31)28-12-7-10-19(28)21-25-18-11-13-27(15-17(18)22(30)26-21)20(29)14-16-8-5-4-6-9-16/h16,19H,4-15H2,1-3H3,(H,25,26,30)/t19-/m1/s1. The van der Waals surface area contributed by atoms with E-state index in [1.807, 2.05) is 30.6 Å². The van der Waals surface area contributed by atoms with Crippen LogP contribution < -0.4 is 5.56 Å². The zero-order valence-corrected chi connectivity index (χ0v) is 19.2. The molecule has 1 atom stereocenters. The molecule has 0 spiro atoms. The van der Waals surface area contributed by atoms with Crippen molar-refractivity contribution in [2.75, 3.05) is 13.1 Å². The minimum atomic E-state index is -0.462. The maximum Gasteiger partial charge on any atom is 0.256 e. The lowest BCUT2D eigenvalue weighted by molar-refractivity contribution is -0.140. The van der Waals surface area contributed by atoms with Crippen molar-refractivity contribution in [2.45, 2.75) is 91.1 Å². The number of aromatic amines is 1. The van der Waals surface area contributed by atoms with E-state index < -0.39 is 5.41 Å². The van der Waals surface area contributed by atoms with Gasteiger partial charge in [-0.1, -0.05) is 40.0 Å². The number of aromatic nitrogens is 2. The van der Waals surface area contributed by atoms with Crippen molar-refractivity contribution in [3.8, 4) is 0 Å². The zero-order chi connectivity index (χ0) is 22.2. The quantitative estimate of drug-likeness (QED) is 0.800. The Morgan fingerprint density at radius 2 is 1.81 bits per heavy atom. The predicted octanol–water partition coefficient (Wildman–Crippen LogP) is 3.33. The van der Waals surface area contributed by atoms with Crippen molar-refractivity contribution >= 4 is 11.8 Å². The first-order chi connectivity index (χ1) is 14.7. The number of rotatable bonds is 3. The van der Waals surface area contributed by atoms with Gasteiger partial charge in [-0.3, -0.25) is 14.4 Å². The fourth-order valence-electron chi connectivity index (χ4n) is 5.31. The summed E-state index contributed by atoms with van der Waals surface area (Å²) < 4.78 is 0. The van der Waals surface area contributed by atoms with Crippen LogP contribution >= 0.6 is 0 Å². The lowest BCUT2D eigenvalue weighted by atomic mass is 9.86. The van der Waals surface area contributed by atoms with Crippen LogP contribution in [0.1, 0.15) is 95.3 Å². The summed E-state index contributed by atoms with van der Waals surface area (Å²) in [5.74, 6) is 1.35. The molecule has 31 heavy (non-hydrogen) atoms. The zero-order valence-electron chi connectivity index (χ0n) is 19.2. The van der Waals surface area contributed by atoms with Crippen LogP contribution in [0.3, 0.4) is 0 Å². The molecule has 0 unspecified atom stereocenters. The van der Waals surface area contributed by atoms with Crippen LogP contribution in [0.4, 0.5) is 0 Å². The minimum Gasteiger partial charge on any atom is -0.338 e. The molecule has 4 rings (SSSR count). The summed E-state index contributed by atoms with van der Waals surface area (Å²) in [6.45, 7) is 7.43. The molecule has 0 aromatic carbocycles. The van der Waals surface area contributed by atoms with Crippen molar-refractivity contribution < 1.29 is 9.59 Å². The van der Waals surface area contributed by atoms with E-state index in [1.54, 1.807) is 0 Å². The van der Waals surface area contributed by atoms with Gasteiger partial charge in [0.25, 0.3) is 5.56 Å². The number of carbonyl (C=O) groups is 2. The van der Waals surface area contributed by atoms with E-state index in [2.05, 4.69) is 4.98 Å². The van der Waals surface area contributed by atoms with Crippen molar-refractivity contribution in [3.05, 3.63) is 27.4 Å². The highest BCUT2D eigenvalue weighted by Gasteiger charge is 2.37. The molecule has 0 bridgehead atoms. The van der Waals surface area contributed by atoms with Gasteiger partial charge in [0.15, 0.2) is 0 Å². The molecule has 1 aromatic rings. The Morgan fingerprint density at radius 1 is 1.06 bits per heavy atom. The average molecular weight is 429 g/mol. The summed E-state index contributed by atoms with van der Waals surface area (Å²) in [5, 5.41) is 0. The fraction of sp³-hybridized carbons (Fsp3) is 0.750. The molecule has 170 valence electrons. The number of likely N-dealkylation sites (tertiary alicyclic amines) is 1. The van der Waals surface area contributed by atoms with E-state index in [-0.39, 0.29) is 23.4 Å². The smallest absolute Gasteiger partial charge is 0.256 e. The topological polar surface area (TPSA) is 86.4 Å². The van der Waals surface area contributed by atoms with Crippen molar-refractivity contribution in [3.63, 3.8) is 0 Å². The van der Waals surface area contributed by atoms with Crippen LogP contribution in [-0.4, -0.2) is 44.7 Å². The number of nitrogens with zero attached hydrogens (tertiary/aromatic N) is 3. The molecule has 2 fully saturated rings. The van der Waals surface area contributed by atoms with Crippen molar-refractivity contribution in [1.29, 1.82) is 0 Å². The largest absolute Gasteiger partial charge is 0.338 e. The minimum absolute atomic E-state index is 0.0925. The van der Waals surface area contributed by atoms with Crippen molar-refractivity contribution in [1.82, 2.24) is 19.8 Å². The van der Waals surface area contributed by atoms with Crippen molar-refractivity contribution in [2.24, 2.45) is 11.3 Å². The van der Waals surface area contributed by atoms with Gasteiger partial charge in [0.1, 0.15) is 5.82 Å². The van der Waals surface area contributed by atoms with Gasteiger partial charge < -0.3 is 14.8 Å². The first-order valence-electron chi connectivity index (χ1n) is 11.9. The second-order valence-electron chi connectivity index (χ2n) is 10.6. The summed E-state index contributed by atoms with van der Waals surface area (Å²) in [6, 6.07) is -0.171. The number of hydrogen-bond acceptors (Lipinski definition) is 4. The van der Waals surface area contributed by atoms with Gasteiger partial charge in [-0.25, -0.2) is 4.98 Å². The van der Waals surface area contributed by atoms with E-state index in [4.69, 9.17) is 4.98 Å². The normalized spacial score (nSPS) is 22.5. The van der Waals surface area contributed by atoms with Crippen LogP contribution in [0.2, 0.25) is 0 Å². The SMILES string of the molecule is CC(C)(C)C(=O)N1CCC[C@@H]1c1nc2c(c(=O)[nH]1)CN(C(=O)CC1CCCCC1)CC2. The number of carbonyl (C=O) groups excluding carboxylic acids is 2. The van der Waals surface area contributed by atoms with Gasteiger partial charge in [0.2, 0.25) is 11.8 Å². The molecule has 1 saturated heterocycles. The fourth-order valence-corrected chi connectivity index (χ4v) is 5.31. The Kier molecular flexibility index (Phi) is 6.22. The molecule has 3 heterocycles. The lowest BCUT2D eigenvalue weighted by Gasteiger charge is -2.32. The molecule has 1 aliphatic carbocycles. The van der Waals surface area contributed by atoms with E-state index in [0.717, 1.165) is 31.4 Å². The molecule has 0 radical (unpaired) electrons. The van der Waals surface area contributed by atoms with Gasteiger partial charge >= 0.3 is 0 Å². The van der Waals surface area contributed by atoms with Crippen LogP contribution in [0.5, 0.6) is 0 Å². The summed E-state index contributed by atoms with van der Waals surface area (Å²) in [5.41, 5.74) is 0.774. The molecule has 2 aliphatic heterocycles. The molecular formula is C24H36N4O3. The van der Waals surface area contributed by atoms with E-state index >= 15 is 0 Å². The number of nitrogens with one attached hydrogen (secondary N) is 1. The summed E-state index contributed by atoms with van der Waals surface area (Å²) in [7, 11) is 0. The number of fused-ring (bicyclic) bond motifs is 1. The summed E-state index contributed by atoms with van der Waals surface area (Å²) >= 11 is 0. The Hall–Kier alpha value is -2.18. The third kappa shape index (κ3) is 4.70. The Balaban J connectivity index is 1.49. The molecule has 2 amide bonds. The first-order valence-corrected chi connectivity index (χ1v) is 11.9. The van der Waals surface area contributed by atoms with Crippen LogP contribution in [0.25, 0.3) is 0 Å². The molecule has 3 aliphatic rings. The molecule has 7 nitrogen and oxygen atoms in total. The highest BCUT2D eigenvalue weighted by Crippen LogP contribution is 2.34. The first kappa shape index (κ1) is 22.0. The molecule has 1 aromatic heterocycles. The Bertz CT molecular complexity index is 895. The maximum absolute atomic E-state index is 12.9. The monoisotopic (exact) mass is 428 g/mol. The molecule has 1 saturated carbocycles. The third-order valence-corrected chi connectivity index (χ3v) is 7.10. The summed E-state index contributed by atoms with van der Waals surface area (Å²) in [6.07, 6.45) is 8.95. The molecular weight excluding hydrogens is 392 g/mol. The lowest BCUT2D eigenvalue weighted by Crippen LogP contribution is -2.42. The van der Waals surface area contributed by atoms with Crippen LogP contribution in [0.15, 0.2) is 4.79 Å². The third-order valence-electron chi connectivity index (χ3n) is 7.10. The average Bonchev–Trinajstić information content (AvgIpc) is 3.22. The maximum atomic E-state index is 12.9. The second-order valence-corrected chi connectivity index (χ2v) is 10.6. The highest BCUT2D eigenvalue weighted by molar-refractivity contribution is 5.82. The van der Waals surface area contributed by atoms with E-state index in [9.17, 15) is 14.4 Å². The number of hydrogen-bond donors (Lipinski definition) is 1. The summed E-state index contributed by atoms with van der Waals surface area (Å²) in [4.78, 5) is 50.1. The van der Waals surface area contributed by atoms with Crippen LogP contribution in [0, 0.1) is 11.3 Å². The molecule has 7 heteroatoms. The highest BCUT2D eigenvalue weighted by atomic mass is 16.2. The molecule has 1 N–H and O–H groups in total. The van der Waals surface area contributed by atoms with Gasteiger partial charge in [-0.05, 0) is 31.6 Å². The second kappa shape index (κ2) is 8.75. The number of H-pyrrole nitrogens is 1. The Labute approximate surface area is 184 Å².